The van der Waals surface area contributed by atoms with Gasteiger partial charge in [-0.1, -0.05) is 6.92 Å². The number of carbonyl (C=O) groups excluding carboxylic acids is 1. The molecular weight excluding hydrogens is 283 g/mol. The lowest BCUT2D eigenvalue weighted by atomic mass is 9.80. The van der Waals surface area contributed by atoms with Gasteiger partial charge in [-0.05, 0) is 31.6 Å². The number of halogens is 3. The van der Waals surface area contributed by atoms with Crippen LogP contribution in [0.15, 0.2) is 0 Å². The number of nitrogens with zero attached hydrogens (tertiary/aromatic N) is 1. The summed E-state index contributed by atoms with van der Waals surface area (Å²) in [6, 6.07) is 1.87. The highest BCUT2D eigenvalue weighted by molar-refractivity contribution is 5.74. The number of nitriles is 1. The van der Waals surface area contributed by atoms with Crippen molar-refractivity contribution < 1.29 is 22.7 Å². The van der Waals surface area contributed by atoms with Gasteiger partial charge in [0.15, 0.2) is 0 Å². The van der Waals surface area contributed by atoms with Gasteiger partial charge in [-0.25, -0.2) is 13.2 Å². The molecule has 5 atom stereocenters. The molecule has 0 N–H and O–H groups in total. The quantitative estimate of drug-likeness (QED) is 0.736. The maximum absolute atomic E-state index is 13.9. The predicted octanol–water partition coefficient (Wildman–Crippen LogP) is 3.28. The second-order valence-electron chi connectivity index (χ2n) is 6.26. The Kier molecular flexibility index (Phi) is 5.13. The predicted molar refractivity (Wildman–Crippen MR) is 69.4 cm³/mol. The van der Waals surface area contributed by atoms with E-state index in [1.165, 1.54) is 0 Å². The van der Waals surface area contributed by atoms with Gasteiger partial charge < -0.3 is 4.74 Å². The second-order valence-corrected chi connectivity index (χ2v) is 6.26. The van der Waals surface area contributed by atoms with Gasteiger partial charge in [0.25, 0.3) is 0 Å². The first kappa shape index (κ1) is 16.1. The number of ether oxygens (including phenoxy) is 1. The van der Waals surface area contributed by atoms with E-state index in [1.807, 2.05) is 6.07 Å². The molecule has 2 rings (SSSR count). The molecule has 3 nitrogen and oxygen atoms in total. The van der Waals surface area contributed by atoms with Crippen molar-refractivity contribution in [1.29, 1.82) is 5.26 Å². The largest absolute Gasteiger partial charge is 0.462 e. The summed E-state index contributed by atoms with van der Waals surface area (Å²) in [5.41, 5.74) is 0. The first-order valence-electron chi connectivity index (χ1n) is 7.44. The van der Waals surface area contributed by atoms with Crippen LogP contribution in [0.3, 0.4) is 0 Å². The summed E-state index contributed by atoms with van der Waals surface area (Å²) in [5.74, 6) is -3.08. The Morgan fingerprint density at radius 3 is 2.24 bits per heavy atom. The molecule has 6 heteroatoms. The van der Waals surface area contributed by atoms with Gasteiger partial charge in [0, 0.05) is 6.42 Å². The third-order valence-electron chi connectivity index (χ3n) is 4.48. The normalized spacial score (nSPS) is 43.9. The molecule has 0 bridgehead atoms. The van der Waals surface area contributed by atoms with Crippen LogP contribution >= 0.6 is 0 Å². The molecule has 0 aliphatic heterocycles. The monoisotopic (exact) mass is 303 g/mol. The van der Waals surface area contributed by atoms with Crippen LogP contribution in [0.5, 0.6) is 0 Å². The molecule has 0 spiro atoms. The van der Waals surface area contributed by atoms with Crippen molar-refractivity contribution >= 4 is 5.97 Å². The minimum atomic E-state index is -1.55. The molecule has 2 aliphatic rings. The molecule has 0 aromatic carbocycles. The first-order valence-corrected chi connectivity index (χ1v) is 7.44. The van der Waals surface area contributed by atoms with Gasteiger partial charge >= 0.3 is 5.97 Å². The molecule has 2 fully saturated rings. The number of hydrogen-bond donors (Lipinski definition) is 0. The van der Waals surface area contributed by atoms with Crippen LogP contribution in [0.4, 0.5) is 13.2 Å². The van der Waals surface area contributed by atoms with Gasteiger partial charge in [0.05, 0.1) is 12.0 Å². The minimum absolute atomic E-state index is 0.0685. The summed E-state index contributed by atoms with van der Waals surface area (Å²) in [4.78, 5) is 12.0. The molecule has 2 aliphatic carbocycles. The summed E-state index contributed by atoms with van der Waals surface area (Å²) in [5, 5.41) is 8.73. The number of rotatable bonds is 2. The molecular formula is C15H20F3NO2. The Bertz CT molecular complexity index is 414. The van der Waals surface area contributed by atoms with Crippen LogP contribution in [-0.2, 0) is 9.53 Å². The second kappa shape index (κ2) is 6.67. The lowest BCUT2D eigenvalue weighted by Crippen LogP contribution is -2.43. The number of carbonyl (C=O) groups is 1. The van der Waals surface area contributed by atoms with Gasteiger partial charge in [-0.2, -0.15) is 5.26 Å². The minimum Gasteiger partial charge on any atom is -0.462 e. The summed E-state index contributed by atoms with van der Waals surface area (Å²) in [6.45, 7) is 1.75. The number of hydrogen-bond acceptors (Lipinski definition) is 3. The topological polar surface area (TPSA) is 50.1 Å². The molecule has 5 unspecified atom stereocenters. The Morgan fingerprint density at radius 1 is 1.10 bits per heavy atom. The van der Waals surface area contributed by atoms with Gasteiger partial charge in [-0.15, -0.1) is 0 Å². The Morgan fingerprint density at radius 2 is 1.71 bits per heavy atom. The van der Waals surface area contributed by atoms with E-state index in [2.05, 4.69) is 0 Å². The number of esters is 1. The molecule has 2 saturated carbocycles. The van der Waals surface area contributed by atoms with E-state index < -0.39 is 42.4 Å². The van der Waals surface area contributed by atoms with Crippen LogP contribution in [0, 0.1) is 29.1 Å². The maximum Gasteiger partial charge on any atom is 0.315 e. The summed E-state index contributed by atoms with van der Waals surface area (Å²) in [6.07, 6.45) is -4.25. The highest BCUT2D eigenvalue weighted by Crippen LogP contribution is 2.35. The van der Waals surface area contributed by atoms with Crippen molar-refractivity contribution in [1.82, 2.24) is 0 Å². The average Bonchev–Trinajstić information content (AvgIpc) is 2.37. The average molecular weight is 303 g/mol. The van der Waals surface area contributed by atoms with Crippen molar-refractivity contribution in [2.45, 2.75) is 63.6 Å². The fraction of sp³-hybridized carbons (Fsp3) is 0.867. The van der Waals surface area contributed by atoms with E-state index in [0.717, 1.165) is 0 Å². The molecule has 0 radical (unpaired) electrons. The van der Waals surface area contributed by atoms with Crippen molar-refractivity contribution in [3.8, 4) is 6.07 Å². The van der Waals surface area contributed by atoms with Crippen molar-refractivity contribution in [2.24, 2.45) is 17.8 Å². The first-order chi connectivity index (χ1) is 9.92. The van der Waals surface area contributed by atoms with Gasteiger partial charge in [0.2, 0.25) is 0 Å². The summed E-state index contributed by atoms with van der Waals surface area (Å²) in [7, 11) is 0. The zero-order valence-electron chi connectivity index (χ0n) is 12.0. The lowest BCUT2D eigenvalue weighted by molar-refractivity contribution is -0.164. The SMILES string of the molecule is CC1CC(F)C(C(=O)OC2CCC(C#N)C(F)C2)C(F)C1. The molecule has 0 aromatic rings. The number of alkyl halides is 3. The third kappa shape index (κ3) is 3.69. The van der Waals surface area contributed by atoms with Crippen LogP contribution in [-0.4, -0.2) is 30.6 Å². The zero-order chi connectivity index (χ0) is 15.6. The van der Waals surface area contributed by atoms with Crippen molar-refractivity contribution in [2.75, 3.05) is 0 Å². The van der Waals surface area contributed by atoms with Crippen molar-refractivity contribution in [3.63, 3.8) is 0 Å². The zero-order valence-corrected chi connectivity index (χ0v) is 12.0. The van der Waals surface area contributed by atoms with Crippen LogP contribution in [0.25, 0.3) is 0 Å². The van der Waals surface area contributed by atoms with Crippen LogP contribution in [0.2, 0.25) is 0 Å². The van der Waals surface area contributed by atoms with Crippen LogP contribution < -0.4 is 0 Å². The molecule has 0 aromatic heterocycles. The smallest absolute Gasteiger partial charge is 0.315 e. The molecule has 0 heterocycles. The highest BCUT2D eigenvalue weighted by Gasteiger charge is 2.44. The van der Waals surface area contributed by atoms with E-state index in [-0.39, 0.29) is 25.2 Å². The van der Waals surface area contributed by atoms with Crippen LogP contribution in [0.1, 0.15) is 39.0 Å². The Labute approximate surface area is 122 Å². The van der Waals surface area contributed by atoms with E-state index in [0.29, 0.717) is 12.8 Å². The van der Waals surface area contributed by atoms with Crippen molar-refractivity contribution in [3.05, 3.63) is 0 Å². The fourth-order valence-electron chi connectivity index (χ4n) is 3.25. The maximum atomic E-state index is 13.9. The molecule has 118 valence electrons. The van der Waals surface area contributed by atoms with E-state index >= 15 is 0 Å². The lowest BCUT2D eigenvalue weighted by Gasteiger charge is -2.34. The summed E-state index contributed by atoms with van der Waals surface area (Å²) < 4.78 is 46.5. The van der Waals surface area contributed by atoms with E-state index in [9.17, 15) is 18.0 Å². The highest BCUT2D eigenvalue weighted by atomic mass is 19.1. The molecule has 0 saturated heterocycles. The Hall–Kier alpha value is -1.25. The van der Waals surface area contributed by atoms with E-state index in [4.69, 9.17) is 10.00 Å². The Balaban J connectivity index is 1.91. The molecule has 0 amide bonds. The summed E-state index contributed by atoms with van der Waals surface area (Å²) >= 11 is 0. The van der Waals surface area contributed by atoms with E-state index in [1.54, 1.807) is 6.92 Å². The fourth-order valence-corrected chi connectivity index (χ4v) is 3.25. The van der Waals surface area contributed by atoms with Gasteiger partial charge in [0.1, 0.15) is 30.5 Å². The van der Waals surface area contributed by atoms with Gasteiger partial charge in [-0.3, -0.25) is 4.79 Å². The standard InChI is InChI=1S/C15H20F3NO2/c1-8-4-12(17)14(13(18)5-8)15(20)21-10-3-2-9(7-19)11(16)6-10/h8-14H,2-6H2,1H3. The third-order valence-corrected chi connectivity index (χ3v) is 4.48. The molecule has 21 heavy (non-hydrogen) atoms.